The SMILES string of the molecule is Clc1ccc(-c2ccc3sc4c5ccccc5ccc4c3c2)cc1. The molecule has 0 saturated heterocycles. The summed E-state index contributed by atoms with van der Waals surface area (Å²) in [6.45, 7) is 0. The van der Waals surface area contributed by atoms with Crippen LogP contribution >= 0.6 is 22.9 Å². The van der Waals surface area contributed by atoms with Gasteiger partial charge in [-0.15, -0.1) is 11.3 Å². The van der Waals surface area contributed by atoms with Crippen LogP contribution in [0.1, 0.15) is 0 Å². The first-order chi connectivity index (χ1) is 11.8. The Bertz CT molecular complexity index is 1200. The molecule has 114 valence electrons. The standard InChI is InChI=1S/C22H13ClS/c23-17-9-5-14(6-10-17)16-8-12-21-20(13-16)19-11-7-15-3-1-2-4-18(15)22(19)24-21/h1-13H. The third kappa shape index (κ3) is 2.13. The predicted octanol–water partition coefficient (Wildman–Crippen LogP) is 7.53. The fourth-order valence-corrected chi connectivity index (χ4v) is 4.67. The zero-order chi connectivity index (χ0) is 16.1. The maximum absolute atomic E-state index is 6.01. The van der Waals surface area contributed by atoms with Gasteiger partial charge in [-0.25, -0.2) is 0 Å². The first-order valence-electron chi connectivity index (χ1n) is 7.89. The van der Waals surface area contributed by atoms with Gasteiger partial charge >= 0.3 is 0 Å². The quantitative estimate of drug-likeness (QED) is 0.295. The molecule has 0 amide bonds. The Morgan fingerprint density at radius 3 is 2.29 bits per heavy atom. The molecule has 1 aromatic heterocycles. The van der Waals surface area contributed by atoms with Gasteiger partial charge in [0.05, 0.1) is 0 Å². The van der Waals surface area contributed by atoms with E-state index >= 15 is 0 Å². The van der Waals surface area contributed by atoms with Crippen LogP contribution in [0.4, 0.5) is 0 Å². The maximum Gasteiger partial charge on any atom is 0.0433 e. The van der Waals surface area contributed by atoms with Gasteiger partial charge in [0.15, 0.2) is 0 Å². The van der Waals surface area contributed by atoms with E-state index in [1.54, 1.807) is 0 Å². The molecule has 0 fully saturated rings. The van der Waals surface area contributed by atoms with Crippen LogP contribution in [-0.2, 0) is 0 Å². The summed E-state index contributed by atoms with van der Waals surface area (Å²) >= 11 is 7.89. The van der Waals surface area contributed by atoms with Crippen LogP contribution in [0.5, 0.6) is 0 Å². The van der Waals surface area contributed by atoms with E-state index in [1.807, 2.05) is 23.5 Å². The van der Waals surface area contributed by atoms with Crippen LogP contribution in [0.2, 0.25) is 5.02 Å². The van der Waals surface area contributed by atoms with Gasteiger partial charge in [-0.2, -0.15) is 0 Å². The van der Waals surface area contributed by atoms with Crippen LogP contribution in [0.3, 0.4) is 0 Å². The first kappa shape index (κ1) is 14.0. The number of thiophene rings is 1. The molecule has 0 bridgehead atoms. The zero-order valence-electron chi connectivity index (χ0n) is 12.8. The fraction of sp³-hybridized carbons (Fsp3) is 0. The fourth-order valence-electron chi connectivity index (χ4n) is 3.33. The smallest absolute Gasteiger partial charge is 0.0433 e. The number of fused-ring (bicyclic) bond motifs is 5. The lowest BCUT2D eigenvalue weighted by atomic mass is 10.0. The monoisotopic (exact) mass is 344 g/mol. The van der Waals surface area contributed by atoms with Crippen molar-refractivity contribution in [3.8, 4) is 11.1 Å². The van der Waals surface area contributed by atoms with Crippen molar-refractivity contribution in [3.05, 3.63) is 83.9 Å². The zero-order valence-corrected chi connectivity index (χ0v) is 14.4. The number of rotatable bonds is 1. The Morgan fingerprint density at radius 1 is 0.625 bits per heavy atom. The molecule has 0 nitrogen and oxygen atoms in total. The average molecular weight is 345 g/mol. The molecule has 0 radical (unpaired) electrons. The normalized spacial score (nSPS) is 11.5. The van der Waals surface area contributed by atoms with Gasteiger partial charge in [-0.1, -0.05) is 66.2 Å². The van der Waals surface area contributed by atoms with Crippen LogP contribution in [0, 0.1) is 0 Å². The van der Waals surface area contributed by atoms with E-state index in [2.05, 4.69) is 66.7 Å². The van der Waals surface area contributed by atoms with E-state index in [1.165, 1.54) is 42.1 Å². The van der Waals surface area contributed by atoms with Gasteiger partial charge in [0.25, 0.3) is 0 Å². The van der Waals surface area contributed by atoms with Crippen molar-refractivity contribution in [2.45, 2.75) is 0 Å². The highest BCUT2D eigenvalue weighted by Crippen LogP contribution is 2.39. The summed E-state index contributed by atoms with van der Waals surface area (Å²) in [6.07, 6.45) is 0. The van der Waals surface area contributed by atoms with E-state index in [4.69, 9.17) is 11.6 Å². The third-order valence-electron chi connectivity index (χ3n) is 4.54. The molecule has 1 heterocycles. The Balaban J connectivity index is 1.81. The Labute approximate surface area is 148 Å². The minimum Gasteiger partial charge on any atom is -0.135 e. The topological polar surface area (TPSA) is 0 Å². The van der Waals surface area contributed by atoms with Gasteiger partial charge in [-0.3, -0.25) is 0 Å². The lowest BCUT2D eigenvalue weighted by molar-refractivity contribution is 1.65. The molecular weight excluding hydrogens is 332 g/mol. The van der Waals surface area contributed by atoms with Gasteiger partial charge < -0.3 is 0 Å². The summed E-state index contributed by atoms with van der Waals surface area (Å²) in [4.78, 5) is 0. The molecule has 24 heavy (non-hydrogen) atoms. The highest BCUT2D eigenvalue weighted by atomic mass is 35.5. The molecular formula is C22H13ClS. The summed E-state index contributed by atoms with van der Waals surface area (Å²) in [5.41, 5.74) is 2.42. The molecule has 0 N–H and O–H groups in total. The van der Waals surface area contributed by atoms with E-state index in [0.29, 0.717) is 0 Å². The second-order valence-electron chi connectivity index (χ2n) is 5.98. The first-order valence-corrected chi connectivity index (χ1v) is 9.09. The summed E-state index contributed by atoms with van der Waals surface area (Å²) in [7, 11) is 0. The van der Waals surface area contributed by atoms with Crippen LogP contribution in [0.25, 0.3) is 42.1 Å². The minimum absolute atomic E-state index is 0.771. The molecule has 0 aliphatic heterocycles. The molecule has 0 spiro atoms. The van der Waals surface area contributed by atoms with Crippen molar-refractivity contribution in [1.82, 2.24) is 0 Å². The second-order valence-corrected chi connectivity index (χ2v) is 7.47. The average Bonchev–Trinajstić information content (AvgIpc) is 3.01. The number of benzene rings is 4. The molecule has 0 atom stereocenters. The van der Waals surface area contributed by atoms with Gasteiger partial charge in [0.1, 0.15) is 0 Å². The van der Waals surface area contributed by atoms with Crippen molar-refractivity contribution >= 4 is 53.9 Å². The van der Waals surface area contributed by atoms with Crippen LogP contribution in [-0.4, -0.2) is 0 Å². The van der Waals surface area contributed by atoms with Gasteiger partial charge in [-0.05, 0) is 46.2 Å². The minimum atomic E-state index is 0.771. The Hall–Kier alpha value is -2.35. The van der Waals surface area contributed by atoms with E-state index in [0.717, 1.165) is 5.02 Å². The molecule has 4 aromatic carbocycles. The van der Waals surface area contributed by atoms with Crippen molar-refractivity contribution in [3.63, 3.8) is 0 Å². The highest BCUT2D eigenvalue weighted by Gasteiger charge is 2.09. The second kappa shape index (κ2) is 5.34. The van der Waals surface area contributed by atoms with Crippen molar-refractivity contribution < 1.29 is 0 Å². The molecule has 2 heteroatoms. The summed E-state index contributed by atoms with van der Waals surface area (Å²) in [6, 6.07) is 27.9. The van der Waals surface area contributed by atoms with Crippen molar-refractivity contribution in [2.75, 3.05) is 0 Å². The molecule has 0 unspecified atom stereocenters. The van der Waals surface area contributed by atoms with E-state index < -0.39 is 0 Å². The largest absolute Gasteiger partial charge is 0.135 e. The van der Waals surface area contributed by atoms with Crippen LogP contribution < -0.4 is 0 Å². The van der Waals surface area contributed by atoms with E-state index in [9.17, 15) is 0 Å². The molecule has 0 saturated carbocycles. The maximum atomic E-state index is 6.01. The summed E-state index contributed by atoms with van der Waals surface area (Å²) in [5.74, 6) is 0. The van der Waals surface area contributed by atoms with Crippen molar-refractivity contribution in [2.24, 2.45) is 0 Å². The summed E-state index contributed by atoms with van der Waals surface area (Å²) in [5, 5.41) is 6.07. The lowest BCUT2D eigenvalue weighted by Crippen LogP contribution is -1.77. The number of hydrogen-bond donors (Lipinski definition) is 0. The highest BCUT2D eigenvalue weighted by molar-refractivity contribution is 7.26. The molecule has 5 rings (SSSR count). The van der Waals surface area contributed by atoms with Crippen molar-refractivity contribution in [1.29, 1.82) is 0 Å². The third-order valence-corrected chi connectivity index (χ3v) is 6.01. The molecule has 0 aliphatic rings. The number of hydrogen-bond acceptors (Lipinski definition) is 1. The summed E-state index contributed by atoms with van der Waals surface area (Å²) < 4.78 is 2.70. The predicted molar refractivity (Wildman–Crippen MR) is 107 cm³/mol. The number of halogens is 1. The molecule has 0 aliphatic carbocycles. The lowest BCUT2D eigenvalue weighted by Gasteiger charge is -2.03. The Kier molecular flexibility index (Phi) is 3.12. The van der Waals surface area contributed by atoms with Gasteiger partial charge in [0.2, 0.25) is 0 Å². The van der Waals surface area contributed by atoms with E-state index in [-0.39, 0.29) is 0 Å². The molecule has 5 aromatic rings. The Morgan fingerprint density at radius 2 is 1.42 bits per heavy atom. The van der Waals surface area contributed by atoms with Crippen LogP contribution in [0.15, 0.2) is 78.9 Å². The van der Waals surface area contributed by atoms with Gasteiger partial charge in [0, 0.05) is 25.2 Å².